The van der Waals surface area contributed by atoms with E-state index >= 15 is 0 Å². The number of amides is 2. The van der Waals surface area contributed by atoms with Crippen LogP contribution in [0.5, 0.6) is 0 Å². The summed E-state index contributed by atoms with van der Waals surface area (Å²) >= 11 is 12.8. The Morgan fingerprint density at radius 1 is 0.925 bits per heavy atom. The standard InChI is InChI=1S/C30H35Cl2N3O4S/c1-5-6-17-33-30(37)23(4)34(19-26-27(31)13-10-14-28(26)32)29(36)20-35(24-16-15-21(2)22(3)18-24)40(38,39)25-11-8-7-9-12-25/h7-16,18,23H,5-6,17,19-20H2,1-4H3,(H,33,37). The number of hydrogen-bond donors (Lipinski definition) is 1. The first kappa shape index (κ1) is 31.5. The van der Waals surface area contributed by atoms with Crippen LogP contribution in [0, 0.1) is 13.8 Å². The second-order valence-corrected chi connectivity index (χ2v) is 12.3. The van der Waals surface area contributed by atoms with Crippen molar-refractivity contribution >= 4 is 50.7 Å². The third-order valence-electron chi connectivity index (χ3n) is 6.78. The van der Waals surface area contributed by atoms with E-state index in [-0.39, 0.29) is 17.3 Å². The van der Waals surface area contributed by atoms with Gasteiger partial charge in [0.25, 0.3) is 10.0 Å². The number of unbranched alkanes of at least 4 members (excludes halogenated alkanes) is 1. The van der Waals surface area contributed by atoms with Gasteiger partial charge in [0.05, 0.1) is 10.6 Å². The van der Waals surface area contributed by atoms with E-state index in [1.165, 1.54) is 17.0 Å². The molecular weight excluding hydrogens is 569 g/mol. The number of carbonyl (C=O) groups is 2. The normalized spacial score (nSPS) is 12.1. The number of hydrogen-bond acceptors (Lipinski definition) is 4. The van der Waals surface area contributed by atoms with E-state index in [2.05, 4.69) is 5.32 Å². The fourth-order valence-electron chi connectivity index (χ4n) is 4.10. The second-order valence-electron chi connectivity index (χ2n) is 9.64. The average molecular weight is 605 g/mol. The summed E-state index contributed by atoms with van der Waals surface area (Å²) in [6.07, 6.45) is 1.69. The van der Waals surface area contributed by atoms with E-state index in [1.54, 1.807) is 55.5 Å². The van der Waals surface area contributed by atoms with Gasteiger partial charge in [-0.1, -0.05) is 66.9 Å². The van der Waals surface area contributed by atoms with Gasteiger partial charge in [-0.2, -0.15) is 0 Å². The maximum absolute atomic E-state index is 14.0. The van der Waals surface area contributed by atoms with Gasteiger partial charge < -0.3 is 10.2 Å². The zero-order valence-electron chi connectivity index (χ0n) is 23.2. The Bertz CT molecular complexity index is 1430. The first-order valence-electron chi connectivity index (χ1n) is 13.1. The molecule has 7 nitrogen and oxygen atoms in total. The van der Waals surface area contributed by atoms with E-state index in [0.29, 0.717) is 27.8 Å². The van der Waals surface area contributed by atoms with Gasteiger partial charge >= 0.3 is 0 Å². The number of nitrogens with zero attached hydrogens (tertiary/aromatic N) is 2. The van der Waals surface area contributed by atoms with Gasteiger partial charge in [-0.05, 0) is 74.7 Å². The fraction of sp³-hybridized carbons (Fsp3) is 0.333. The average Bonchev–Trinajstić information content (AvgIpc) is 2.93. The van der Waals surface area contributed by atoms with Crippen molar-refractivity contribution in [2.24, 2.45) is 0 Å². The number of benzene rings is 3. The maximum atomic E-state index is 14.0. The molecule has 0 fully saturated rings. The van der Waals surface area contributed by atoms with Crippen LogP contribution in [0.1, 0.15) is 43.4 Å². The van der Waals surface area contributed by atoms with Gasteiger partial charge in [-0.25, -0.2) is 8.42 Å². The number of rotatable bonds is 12. The molecule has 3 rings (SSSR count). The zero-order valence-corrected chi connectivity index (χ0v) is 25.5. The Morgan fingerprint density at radius 3 is 2.17 bits per heavy atom. The Balaban J connectivity index is 2.05. The Labute approximate surface area is 247 Å². The quantitative estimate of drug-likeness (QED) is 0.252. The molecular formula is C30H35Cl2N3O4S. The molecule has 1 N–H and O–H groups in total. The summed E-state index contributed by atoms with van der Waals surface area (Å²) in [7, 11) is -4.13. The number of sulfonamides is 1. The molecule has 0 aliphatic heterocycles. The third-order valence-corrected chi connectivity index (χ3v) is 9.27. The van der Waals surface area contributed by atoms with Gasteiger partial charge in [-0.3, -0.25) is 13.9 Å². The number of anilines is 1. The highest BCUT2D eigenvalue weighted by Gasteiger charge is 2.33. The molecule has 1 atom stereocenters. The zero-order chi connectivity index (χ0) is 29.4. The molecule has 0 spiro atoms. The third kappa shape index (κ3) is 7.56. The maximum Gasteiger partial charge on any atom is 0.264 e. The SMILES string of the molecule is CCCCNC(=O)C(C)N(Cc1c(Cl)cccc1Cl)C(=O)CN(c1ccc(C)c(C)c1)S(=O)(=O)c1ccccc1. The molecule has 40 heavy (non-hydrogen) atoms. The monoisotopic (exact) mass is 603 g/mol. The van der Waals surface area contributed by atoms with Crippen molar-refractivity contribution in [1.29, 1.82) is 0 Å². The molecule has 0 saturated heterocycles. The molecule has 0 radical (unpaired) electrons. The minimum absolute atomic E-state index is 0.0482. The lowest BCUT2D eigenvalue weighted by atomic mass is 10.1. The van der Waals surface area contributed by atoms with Crippen molar-refractivity contribution in [2.75, 3.05) is 17.4 Å². The summed E-state index contributed by atoms with van der Waals surface area (Å²) in [5.41, 5.74) is 2.67. The van der Waals surface area contributed by atoms with E-state index in [0.717, 1.165) is 28.3 Å². The molecule has 3 aromatic rings. The topological polar surface area (TPSA) is 86.8 Å². The molecule has 214 valence electrons. The highest BCUT2D eigenvalue weighted by atomic mass is 35.5. The lowest BCUT2D eigenvalue weighted by Crippen LogP contribution is -2.51. The first-order valence-corrected chi connectivity index (χ1v) is 15.3. The summed E-state index contributed by atoms with van der Waals surface area (Å²) < 4.78 is 28.8. The smallest absolute Gasteiger partial charge is 0.264 e. The predicted octanol–water partition coefficient (Wildman–Crippen LogP) is 6.14. The van der Waals surface area contributed by atoms with E-state index in [4.69, 9.17) is 23.2 Å². The summed E-state index contributed by atoms with van der Waals surface area (Å²) in [6, 6.07) is 17.2. The van der Waals surface area contributed by atoms with Crippen molar-refractivity contribution < 1.29 is 18.0 Å². The highest BCUT2D eigenvalue weighted by Crippen LogP contribution is 2.29. The molecule has 10 heteroatoms. The van der Waals surface area contributed by atoms with E-state index in [1.807, 2.05) is 26.8 Å². The highest BCUT2D eigenvalue weighted by molar-refractivity contribution is 7.92. The Morgan fingerprint density at radius 2 is 1.57 bits per heavy atom. The number of carbonyl (C=O) groups excluding carboxylic acids is 2. The van der Waals surface area contributed by atoms with Crippen LogP contribution in [0.3, 0.4) is 0 Å². The second kappa shape index (κ2) is 14.0. The molecule has 0 aliphatic carbocycles. The van der Waals surface area contributed by atoms with Gasteiger partial charge in [-0.15, -0.1) is 0 Å². The van der Waals surface area contributed by atoms with Crippen LogP contribution in [-0.2, 0) is 26.2 Å². The predicted molar refractivity (Wildman–Crippen MR) is 161 cm³/mol. The Hall–Kier alpha value is -3.07. The number of aryl methyl sites for hydroxylation is 2. The van der Waals surface area contributed by atoms with Crippen LogP contribution in [-0.4, -0.2) is 44.3 Å². The first-order chi connectivity index (χ1) is 19.0. The Kier molecular flexibility index (Phi) is 11.0. The largest absolute Gasteiger partial charge is 0.354 e. The molecule has 0 aromatic heterocycles. The molecule has 0 aliphatic rings. The lowest BCUT2D eigenvalue weighted by molar-refractivity contribution is -0.139. The van der Waals surface area contributed by atoms with Crippen molar-refractivity contribution in [3.63, 3.8) is 0 Å². The number of halogens is 2. The fourth-order valence-corrected chi connectivity index (χ4v) is 6.05. The van der Waals surface area contributed by atoms with Crippen LogP contribution in [0.25, 0.3) is 0 Å². The lowest BCUT2D eigenvalue weighted by Gasteiger charge is -2.32. The summed E-state index contributed by atoms with van der Waals surface area (Å²) in [5, 5.41) is 3.54. The van der Waals surface area contributed by atoms with Crippen molar-refractivity contribution in [3.8, 4) is 0 Å². The van der Waals surface area contributed by atoms with Crippen molar-refractivity contribution in [3.05, 3.63) is 93.5 Å². The summed E-state index contributed by atoms with van der Waals surface area (Å²) in [4.78, 5) is 28.5. The number of nitrogens with one attached hydrogen (secondary N) is 1. The van der Waals surface area contributed by atoms with E-state index in [9.17, 15) is 18.0 Å². The van der Waals surface area contributed by atoms with E-state index < -0.39 is 28.5 Å². The van der Waals surface area contributed by atoms with Gasteiger partial charge in [0.15, 0.2) is 0 Å². The van der Waals surface area contributed by atoms with Crippen LogP contribution < -0.4 is 9.62 Å². The van der Waals surface area contributed by atoms with Gasteiger partial charge in [0, 0.05) is 28.7 Å². The van der Waals surface area contributed by atoms with Crippen molar-refractivity contribution in [2.45, 2.75) is 58.0 Å². The van der Waals surface area contributed by atoms with Crippen LogP contribution in [0.15, 0.2) is 71.6 Å². The minimum atomic E-state index is -4.13. The summed E-state index contributed by atoms with van der Waals surface area (Å²) in [5.74, 6) is -0.930. The van der Waals surface area contributed by atoms with Gasteiger partial charge in [0.1, 0.15) is 12.6 Å². The van der Waals surface area contributed by atoms with Gasteiger partial charge in [0.2, 0.25) is 11.8 Å². The molecule has 0 heterocycles. The van der Waals surface area contributed by atoms with Crippen molar-refractivity contribution in [1.82, 2.24) is 10.2 Å². The minimum Gasteiger partial charge on any atom is -0.354 e. The van der Waals surface area contributed by atoms with Crippen LogP contribution >= 0.6 is 23.2 Å². The molecule has 1 unspecified atom stereocenters. The molecule has 2 amide bonds. The molecule has 0 saturated carbocycles. The van der Waals surface area contributed by atoms with Crippen LogP contribution in [0.4, 0.5) is 5.69 Å². The van der Waals surface area contributed by atoms with Crippen LogP contribution in [0.2, 0.25) is 10.0 Å². The molecule has 0 bridgehead atoms. The molecule has 3 aromatic carbocycles. The summed E-state index contributed by atoms with van der Waals surface area (Å²) in [6.45, 7) is 7.28.